The molecule has 18 heavy (non-hydrogen) atoms. The van der Waals surface area contributed by atoms with E-state index in [1.165, 1.54) is 0 Å². The van der Waals surface area contributed by atoms with Crippen molar-refractivity contribution < 1.29 is 8.42 Å². The number of sulfonamides is 1. The van der Waals surface area contributed by atoms with Crippen LogP contribution < -0.4 is 10.0 Å². The molecular formula is C13H20N2O2S. The maximum absolute atomic E-state index is 12.4. The van der Waals surface area contributed by atoms with E-state index in [0.717, 1.165) is 24.1 Å². The van der Waals surface area contributed by atoms with Gasteiger partial charge < -0.3 is 5.73 Å². The molecule has 1 aromatic rings. The smallest absolute Gasteiger partial charge is 0.235 e. The lowest BCUT2D eigenvalue weighted by Crippen LogP contribution is -2.37. The van der Waals surface area contributed by atoms with E-state index >= 15 is 0 Å². The van der Waals surface area contributed by atoms with Crippen LogP contribution in [0.4, 0.5) is 5.69 Å². The van der Waals surface area contributed by atoms with Crippen molar-refractivity contribution in [3.63, 3.8) is 0 Å². The first-order valence-corrected chi connectivity index (χ1v) is 7.97. The molecule has 5 heteroatoms. The van der Waals surface area contributed by atoms with Crippen molar-refractivity contribution >= 4 is 15.7 Å². The largest absolute Gasteiger partial charge is 0.330 e. The number of rotatable bonds is 5. The Hall–Kier alpha value is -1.07. The molecule has 0 radical (unpaired) electrons. The fraction of sp³-hybridized carbons (Fsp3) is 0.538. The summed E-state index contributed by atoms with van der Waals surface area (Å²) in [6.07, 6.45) is 2.18. The van der Waals surface area contributed by atoms with Gasteiger partial charge in [-0.05, 0) is 44.4 Å². The summed E-state index contributed by atoms with van der Waals surface area (Å²) in [6, 6.07) is 7.75. The van der Waals surface area contributed by atoms with Gasteiger partial charge in [0.15, 0.2) is 0 Å². The van der Waals surface area contributed by atoms with Crippen molar-refractivity contribution in [3.05, 3.63) is 29.8 Å². The van der Waals surface area contributed by atoms with Gasteiger partial charge in [0, 0.05) is 6.04 Å². The normalized spacial score (nSPS) is 19.0. The lowest BCUT2D eigenvalue weighted by molar-refractivity contribution is 0.580. The molecule has 0 saturated heterocycles. The molecule has 4 nitrogen and oxygen atoms in total. The molecule has 0 spiro atoms. The van der Waals surface area contributed by atoms with E-state index < -0.39 is 10.0 Å². The molecule has 1 aliphatic rings. The summed E-state index contributed by atoms with van der Waals surface area (Å²) < 4.78 is 26.3. The maximum Gasteiger partial charge on any atom is 0.235 e. The highest BCUT2D eigenvalue weighted by atomic mass is 32.2. The van der Waals surface area contributed by atoms with Crippen LogP contribution in [0.2, 0.25) is 0 Å². The van der Waals surface area contributed by atoms with Crippen LogP contribution >= 0.6 is 0 Å². The SMILES string of the molecule is CC1Cc2ccccc2N1S(=O)(=O)CCCCN. The van der Waals surface area contributed by atoms with Gasteiger partial charge in [0.2, 0.25) is 10.0 Å². The van der Waals surface area contributed by atoms with Crippen molar-refractivity contribution in [2.45, 2.75) is 32.2 Å². The highest BCUT2D eigenvalue weighted by molar-refractivity contribution is 7.92. The van der Waals surface area contributed by atoms with E-state index in [2.05, 4.69) is 0 Å². The standard InChI is InChI=1S/C13H20N2O2S/c1-11-10-12-6-2-3-7-13(12)15(11)18(16,17)9-5-4-8-14/h2-3,6-7,11H,4-5,8-10,14H2,1H3. The van der Waals surface area contributed by atoms with E-state index in [1.807, 2.05) is 31.2 Å². The van der Waals surface area contributed by atoms with Gasteiger partial charge in [-0.3, -0.25) is 4.31 Å². The van der Waals surface area contributed by atoms with E-state index in [-0.39, 0.29) is 11.8 Å². The zero-order valence-corrected chi connectivity index (χ0v) is 11.5. The van der Waals surface area contributed by atoms with Crippen LogP contribution in [0.15, 0.2) is 24.3 Å². The van der Waals surface area contributed by atoms with Gasteiger partial charge in [-0.1, -0.05) is 18.2 Å². The molecule has 0 aliphatic carbocycles. The van der Waals surface area contributed by atoms with Crippen LogP contribution in [0.3, 0.4) is 0 Å². The summed E-state index contributed by atoms with van der Waals surface area (Å²) in [5.74, 6) is 0.183. The molecule has 1 atom stereocenters. The van der Waals surface area contributed by atoms with Gasteiger partial charge in [0.25, 0.3) is 0 Å². The number of anilines is 1. The van der Waals surface area contributed by atoms with Crippen LogP contribution in [-0.4, -0.2) is 26.8 Å². The summed E-state index contributed by atoms with van der Waals surface area (Å²) in [6.45, 7) is 2.50. The second kappa shape index (κ2) is 5.28. The minimum Gasteiger partial charge on any atom is -0.330 e. The average molecular weight is 268 g/mol. The quantitative estimate of drug-likeness (QED) is 0.823. The van der Waals surface area contributed by atoms with Gasteiger partial charge in [-0.2, -0.15) is 0 Å². The lowest BCUT2D eigenvalue weighted by Gasteiger charge is -2.24. The second-order valence-corrected chi connectivity index (χ2v) is 6.75. The minimum absolute atomic E-state index is 0.0188. The van der Waals surface area contributed by atoms with E-state index in [1.54, 1.807) is 4.31 Å². The van der Waals surface area contributed by atoms with Crippen LogP contribution in [0.25, 0.3) is 0 Å². The van der Waals surface area contributed by atoms with Crippen LogP contribution in [0, 0.1) is 0 Å². The molecule has 1 unspecified atom stereocenters. The van der Waals surface area contributed by atoms with E-state index in [0.29, 0.717) is 13.0 Å². The number of hydrogen-bond acceptors (Lipinski definition) is 3. The van der Waals surface area contributed by atoms with Gasteiger partial charge in [0.05, 0.1) is 11.4 Å². The molecule has 2 rings (SSSR count). The Bertz CT molecular complexity index is 513. The molecule has 0 aromatic heterocycles. The Morgan fingerprint density at radius 1 is 1.33 bits per heavy atom. The number of fused-ring (bicyclic) bond motifs is 1. The molecule has 0 amide bonds. The fourth-order valence-corrected chi connectivity index (χ4v) is 4.35. The maximum atomic E-state index is 12.4. The minimum atomic E-state index is -3.22. The monoisotopic (exact) mass is 268 g/mol. The molecule has 1 aliphatic heterocycles. The predicted molar refractivity (Wildman–Crippen MR) is 74.2 cm³/mol. The molecule has 0 fully saturated rings. The predicted octanol–water partition coefficient (Wildman–Crippen LogP) is 1.51. The zero-order chi connectivity index (χ0) is 13.2. The number of para-hydroxylation sites is 1. The van der Waals surface area contributed by atoms with E-state index in [4.69, 9.17) is 5.73 Å². The molecular weight excluding hydrogens is 248 g/mol. The van der Waals surface area contributed by atoms with Gasteiger partial charge in [-0.15, -0.1) is 0 Å². The summed E-state index contributed by atoms with van der Waals surface area (Å²) in [4.78, 5) is 0. The van der Waals surface area contributed by atoms with Crippen molar-refractivity contribution in [2.24, 2.45) is 5.73 Å². The lowest BCUT2D eigenvalue weighted by atomic mass is 10.1. The second-order valence-electron chi connectivity index (χ2n) is 4.79. The Morgan fingerprint density at radius 3 is 2.78 bits per heavy atom. The topological polar surface area (TPSA) is 63.4 Å². The van der Waals surface area contributed by atoms with Gasteiger partial charge >= 0.3 is 0 Å². The summed E-state index contributed by atoms with van der Waals surface area (Å²) in [7, 11) is -3.22. The number of hydrogen-bond donors (Lipinski definition) is 1. The van der Waals surface area contributed by atoms with Crippen LogP contribution in [0.5, 0.6) is 0 Å². The highest BCUT2D eigenvalue weighted by Crippen LogP contribution is 2.34. The van der Waals surface area contributed by atoms with Gasteiger partial charge in [0.1, 0.15) is 0 Å². The first-order chi connectivity index (χ1) is 8.56. The molecule has 0 saturated carbocycles. The van der Waals surface area contributed by atoms with Crippen molar-refractivity contribution in [3.8, 4) is 0 Å². The Kier molecular flexibility index (Phi) is 3.92. The number of unbranched alkanes of at least 4 members (excludes halogenated alkanes) is 1. The summed E-state index contributed by atoms with van der Waals surface area (Å²) in [5.41, 5.74) is 7.37. The Labute approximate surface area is 109 Å². The molecule has 2 N–H and O–H groups in total. The molecule has 1 heterocycles. The third kappa shape index (κ3) is 2.52. The van der Waals surface area contributed by atoms with Crippen LogP contribution in [0.1, 0.15) is 25.3 Å². The first kappa shape index (κ1) is 13.4. The Morgan fingerprint density at radius 2 is 2.06 bits per heavy atom. The van der Waals surface area contributed by atoms with Crippen molar-refractivity contribution in [2.75, 3.05) is 16.6 Å². The fourth-order valence-electron chi connectivity index (χ4n) is 2.49. The van der Waals surface area contributed by atoms with Crippen molar-refractivity contribution in [1.29, 1.82) is 0 Å². The average Bonchev–Trinajstić information content (AvgIpc) is 2.65. The van der Waals surface area contributed by atoms with Gasteiger partial charge in [-0.25, -0.2) is 8.42 Å². The van der Waals surface area contributed by atoms with Crippen molar-refractivity contribution in [1.82, 2.24) is 0 Å². The third-order valence-electron chi connectivity index (χ3n) is 3.30. The number of benzene rings is 1. The summed E-state index contributed by atoms with van der Waals surface area (Å²) >= 11 is 0. The van der Waals surface area contributed by atoms with E-state index in [9.17, 15) is 8.42 Å². The zero-order valence-electron chi connectivity index (χ0n) is 10.7. The molecule has 0 bridgehead atoms. The number of nitrogens with zero attached hydrogens (tertiary/aromatic N) is 1. The van der Waals surface area contributed by atoms with Crippen LogP contribution in [-0.2, 0) is 16.4 Å². The summed E-state index contributed by atoms with van der Waals surface area (Å²) in [5, 5.41) is 0. The molecule has 100 valence electrons. The highest BCUT2D eigenvalue weighted by Gasteiger charge is 2.34. The first-order valence-electron chi connectivity index (χ1n) is 6.36. The Balaban J connectivity index is 2.22. The number of nitrogens with two attached hydrogens (primary N) is 1. The molecule has 1 aromatic carbocycles. The third-order valence-corrected chi connectivity index (χ3v) is 5.26.